The molecule has 0 aliphatic rings. The van der Waals surface area contributed by atoms with Crippen LogP contribution in [0.4, 0.5) is 5.69 Å². The largest absolute Gasteiger partial charge is 0.490 e. The van der Waals surface area contributed by atoms with Crippen LogP contribution in [0.5, 0.6) is 11.5 Å². The molecule has 0 fully saturated rings. The maximum Gasteiger partial charge on any atom is 0.343 e. The van der Waals surface area contributed by atoms with Crippen LogP contribution < -0.4 is 20.3 Å². The third-order valence-electron chi connectivity index (χ3n) is 3.27. The monoisotopic (exact) mass is 408 g/mol. The highest BCUT2D eigenvalue weighted by Crippen LogP contribution is 2.34. The van der Waals surface area contributed by atoms with E-state index < -0.39 is 5.97 Å². The van der Waals surface area contributed by atoms with Crippen LogP contribution >= 0.6 is 15.9 Å². The first kappa shape index (κ1) is 19.1. The lowest BCUT2D eigenvalue weighted by molar-refractivity contribution is -0.142. The highest BCUT2D eigenvalue weighted by Gasteiger charge is 2.12. The first-order chi connectivity index (χ1) is 12.1. The molecule has 0 saturated carbocycles. The SMILES string of the molecule is CCOc1cc(CNNc2ccccc2)c(Br)cc1OCC(=O)OC. The van der Waals surface area contributed by atoms with Crippen molar-refractivity contribution >= 4 is 27.6 Å². The minimum absolute atomic E-state index is 0.170. The number of hydrogen-bond acceptors (Lipinski definition) is 6. The number of halogens is 1. The van der Waals surface area contributed by atoms with Gasteiger partial charge in [-0.25, -0.2) is 10.2 Å². The molecule has 2 aromatic carbocycles. The third-order valence-corrected chi connectivity index (χ3v) is 4.01. The van der Waals surface area contributed by atoms with Crippen LogP contribution in [0, 0.1) is 0 Å². The predicted molar refractivity (Wildman–Crippen MR) is 99.7 cm³/mol. The molecule has 0 atom stereocenters. The highest BCUT2D eigenvalue weighted by atomic mass is 79.9. The summed E-state index contributed by atoms with van der Waals surface area (Å²) < 4.78 is 16.5. The second-order valence-corrected chi connectivity index (χ2v) is 5.89. The first-order valence-corrected chi connectivity index (χ1v) is 8.62. The fourth-order valence-electron chi connectivity index (χ4n) is 2.05. The van der Waals surface area contributed by atoms with E-state index in [-0.39, 0.29) is 6.61 Å². The molecule has 0 spiro atoms. The number of rotatable bonds is 9. The van der Waals surface area contributed by atoms with Gasteiger partial charge in [0.25, 0.3) is 0 Å². The molecule has 25 heavy (non-hydrogen) atoms. The Kier molecular flexibility index (Phi) is 7.56. The zero-order valence-corrected chi connectivity index (χ0v) is 15.8. The Morgan fingerprint density at radius 2 is 1.84 bits per heavy atom. The topological polar surface area (TPSA) is 68.8 Å². The maximum atomic E-state index is 11.3. The smallest absolute Gasteiger partial charge is 0.343 e. The maximum absolute atomic E-state index is 11.3. The van der Waals surface area contributed by atoms with Crippen LogP contribution in [0.15, 0.2) is 46.9 Å². The van der Waals surface area contributed by atoms with Gasteiger partial charge in [0.2, 0.25) is 0 Å². The zero-order chi connectivity index (χ0) is 18.1. The molecule has 0 aliphatic carbocycles. The van der Waals surface area contributed by atoms with Gasteiger partial charge in [-0.2, -0.15) is 0 Å². The van der Waals surface area contributed by atoms with Gasteiger partial charge >= 0.3 is 5.97 Å². The van der Waals surface area contributed by atoms with Crippen LogP contribution in [-0.4, -0.2) is 26.3 Å². The number of esters is 1. The van der Waals surface area contributed by atoms with E-state index in [2.05, 4.69) is 31.5 Å². The lowest BCUT2D eigenvalue weighted by Gasteiger charge is -2.15. The van der Waals surface area contributed by atoms with Crippen molar-refractivity contribution in [2.24, 2.45) is 0 Å². The van der Waals surface area contributed by atoms with Crippen molar-refractivity contribution in [3.05, 3.63) is 52.5 Å². The molecule has 2 N–H and O–H groups in total. The molecular weight excluding hydrogens is 388 g/mol. The Hall–Kier alpha value is -2.25. The van der Waals surface area contributed by atoms with Gasteiger partial charge in [0.15, 0.2) is 18.1 Å². The number of carbonyl (C=O) groups excluding carboxylic acids is 1. The predicted octanol–water partition coefficient (Wildman–Crippen LogP) is 3.52. The lowest BCUT2D eigenvalue weighted by atomic mass is 10.2. The number of ether oxygens (including phenoxy) is 3. The number of nitrogens with one attached hydrogen (secondary N) is 2. The normalized spacial score (nSPS) is 10.2. The molecule has 0 heterocycles. The minimum Gasteiger partial charge on any atom is -0.490 e. The summed E-state index contributed by atoms with van der Waals surface area (Å²) in [6.45, 7) is 2.77. The lowest BCUT2D eigenvalue weighted by Crippen LogP contribution is -2.21. The van der Waals surface area contributed by atoms with Crippen LogP contribution in [0.3, 0.4) is 0 Å². The summed E-state index contributed by atoms with van der Waals surface area (Å²) in [6, 6.07) is 13.5. The summed E-state index contributed by atoms with van der Waals surface area (Å²) in [7, 11) is 1.32. The van der Waals surface area contributed by atoms with Gasteiger partial charge in [0.05, 0.1) is 13.7 Å². The highest BCUT2D eigenvalue weighted by molar-refractivity contribution is 9.10. The molecule has 0 bridgehead atoms. The Bertz CT molecular complexity index is 695. The van der Waals surface area contributed by atoms with Gasteiger partial charge in [-0.15, -0.1) is 0 Å². The van der Waals surface area contributed by atoms with Crippen molar-refractivity contribution in [1.29, 1.82) is 0 Å². The molecule has 134 valence electrons. The van der Waals surface area contributed by atoms with E-state index in [0.717, 1.165) is 15.7 Å². The fourth-order valence-corrected chi connectivity index (χ4v) is 2.51. The van der Waals surface area contributed by atoms with Crippen LogP contribution in [0.1, 0.15) is 12.5 Å². The van der Waals surface area contributed by atoms with Crippen molar-refractivity contribution < 1.29 is 19.0 Å². The Morgan fingerprint density at radius 1 is 1.12 bits per heavy atom. The summed E-state index contributed by atoms with van der Waals surface area (Å²) in [6.07, 6.45) is 0. The molecule has 0 radical (unpaired) electrons. The van der Waals surface area contributed by atoms with E-state index in [0.29, 0.717) is 24.7 Å². The zero-order valence-electron chi connectivity index (χ0n) is 14.2. The first-order valence-electron chi connectivity index (χ1n) is 7.82. The standard InChI is InChI=1S/C18H21BrN2O4/c1-3-24-16-9-13(11-20-21-14-7-5-4-6-8-14)15(19)10-17(16)25-12-18(22)23-2/h4-10,20-21H,3,11-12H2,1-2H3. The number of hydrazine groups is 1. The summed E-state index contributed by atoms with van der Waals surface area (Å²) in [5.41, 5.74) is 8.24. The summed E-state index contributed by atoms with van der Waals surface area (Å²) >= 11 is 3.52. The minimum atomic E-state index is -0.448. The van der Waals surface area contributed by atoms with E-state index in [1.807, 2.05) is 43.3 Å². The van der Waals surface area contributed by atoms with Gasteiger partial charge in [-0.05, 0) is 36.8 Å². The molecule has 0 saturated heterocycles. The van der Waals surface area contributed by atoms with Gasteiger partial charge in [0.1, 0.15) is 0 Å². The number of anilines is 1. The molecule has 0 unspecified atom stereocenters. The number of carbonyl (C=O) groups is 1. The molecule has 0 aromatic heterocycles. The molecule has 0 amide bonds. The van der Waals surface area contributed by atoms with E-state index in [1.165, 1.54) is 7.11 Å². The third kappa shape index (κ3) is 5.95. The fraction of sp³-hybridized carbons (Fsp3) is 0.278. The Balaban J connectivity index is 2.05. The average molecular weight is 409 g/mol. The number of hydrogen-bond donors (Lipinski definition) is 2. The van der Waals surface area contributed by atoms with Gasteiger partial charge in [-0.1, -0.05) is 34.1 Å². The van der Waals surface area contributed by atoms with Crippen LogP contribution in [0.25, 0.3) is 0 Å². The van der Waals surface area contributed by atoms with E-state index >= 15 is 0 Å². The van der Waals surface area contributed by atoms with E-state index in [4.69, 9.17) is 9.47 Å². The van der Waals surface area contributed by atoms with E-state index in [9.17, 15) is 4.79 Å². The van der Waals surface area contributed by atoms with Crippen LogP contribution in [-0.2, 0) is 16.1 Å². The quantitative estimate of drug-likeness (QED) is 0.488. The summed E-state index contributed by atoms with van der Waals surface area (Å²) in [5.74, 6) is 0.612. The van der Waals surface area contributed by atoms with Crippen molar-refractivity contribution in [1.82, 2.24) is 5.43 Å². The van der Waals surface area contributed by atoms with Gasteiger partial charge in [-0.3, -0.25) is 0 Å². The number of methoxy groups -OCH3 is 1. The number of para-hydroxylation sites is 1. The van der Waals surface area contributed by atoms with Crippen molar-refractivity contribution in [2.45, 2.75) is 13.5 Å². The molecule has 6 nitrogen and oxygen atoms in total. The molecule has 2 rings (SSSR count). The molecule has 0 aliphatic heterocycles. The van der Waals surface area contributed by atoms with Gasteiger partial charge < -0.3 is 19.6 Å². The molecular formula is C18H21BrN2O4. The Morgan fingerprint density at radius 3 is 2.52 bits per heavy atom. The number of benzene rings is 2. The second kappa shape index (κ2) is 9.90. The van der Waals surface area contributed by atoms with Crippen molar-refractivity contribution in [3.8, 4) is 11.5 Å². The summed E-state index contributed by atoms with van der Waals surface area (Å²) in [5, 5.41) is 0. The van der Waals surface area contributed by atoms with Gasteiger partial charge in [0, 0.05) is 16.7 Å². The molecule has 2 aromatic rings. The van der Waals surface area contributed by atoms with Crippen molar-refractivity contribution in [3.63, 3.8) is 0 Å². The van der Waals surface area contributed by atoms with E-state index in [1.54, 1.807) is 6.07 Å². The van der Waals surface area contributed by atoms with Crippen molar-refractivity contribution in [2.75, 3.05) is 25.7 Å². The Labute approximate surface area is 155 Å². The van der Waals surface area contributed by atoms with Crippen LogP contribution in [0.2, 0.25) is 0 Å². The molecule has 7 heteroatoms. The average Bonchev–Trinajstić information content (AvgIpc) is 2.63. The summed E-state index contributed by atoms with van der Waals surface area (Å²) in [4.78, 5) is 11.3. The second-order valence-electron chi connectivity index (χ2n) is 5.03.